The fourth-order valence-electron chi connectivity index (χ4n) is 5.14. The Labute approximate surface area is 227 Å². The molecule has 1 saturated heterocycles. The van der Waals surface area contributed by atoms with Crippen molar-refractivity contribution in [3.05, 3.63) is 95.3 Å². The summed E-state index contributed by atoms with van der Waals surface area (Å²) in [7, 11) is 0. The van der Waals surface area contributed by atoms with Crippen molar-refractivity contribution in [3.8, 4) is 11.3 Å². The standard InChI is InChI=1S/C30H28F6N4/c1-2-3-4-13-39-14-12-22(17-39)37-21-10-8-19(9-11-21)29-23-6-5-7-25(30(34,35)36)28(23)38-40(29)18-24-26(32)15-20(31)16-27(24)33/h3-11,15-16,22,37H,2,12-14,17-18H2,1H3/b4-3+/t22-/m1/s1. The molecule has 40 heavy (non-hydrogen) atoms. The molecular formula is C30H28F6N4. The van der Waals surface area contributed by atoms with Gasteiger partial charge in [0, 0.05) is 60.0 Å². The van der Waals surface area contributed by atoms with Crippen LogP contribution in [-0.2, 0) is 12.7 Å². The minimum Gasteiger partial charge on any atom is -0.381 e. The highest BCUT2D eigenvalue weighted by Crippen LogP contribution is 2.38. The molecule has 1 aromatic heterocycles. The summed E-state index contributed by atoms with van der Waals surface area (Å²) in [5.41, 5.74) is -0.150. The van der Waals surface area contributed by atoms with Gasteiger partial charge >= 0.3 is 6.18 Å². The highest BCUT2D eigenvalue weighted by atomic mass is 19.4. The second kappa shape index (κ2) is 11.4. The molecule has 1 N–H and O–H groups in total. The molecule has 0 saturated carbocycles. The Morgan fingerprint density at radius 2 is 1.73 bits per heavy atom. The number of halogens is 6. The van der Waals surface area contributed by atoms with E-state index in [4.69, 9.17) is 0 Å². The lowest BCUT2D eigenvalue weighted by atomic mass is 10.0. The molecule has 1 aliphatic heterocycles. The SMILES string of the molecule is CC/C=C/CN1CC[C@@H](Nc2ccc(-c3c4cccc(C(F)(F)F)c4nn3Cc3c(F)cc(F)cc3F)cc2)C1. The number of alkyl halides is 3. The van der Waals surface area contributed by atoms with Crippen molar-refractivity contribution in [1.82, 2.24) is 14.7 Å². The summed E-state index contributed by atoms with van der Waals surface area (Å²) < 4.78 is 85.0. The van der Waals surface area contributed by atoms with Crippen LogP contribution in [0.5, 0.6) is 0 Å². The van der Waals surface area contributed by atoms with E-state index < -0.39 is 41.3 Å². The van der Waals surface area contributed by atoms with E-state index in [0.29, 0.717) is 17.7 Å². The first-order chi connectivity index (χ1) is 19.1. The molecule has 4 aromatic rings. The van der Waals surface area contributed by atoms with Gasteiger partial charge in [-0.25, -0.2) is 13.2 Å². The zero-order valence-corrected chi connectivity index (χ0v) is 21.8. The molecule has 3 aromatic carbocycles. The van der Waals surface area contributed by atoms with Gasteiger partial charge in [-0.2, -0.15) is 18.3 Å². The molecule has 1 fully saturated rings. The summed E-state index contributed by atoms with van der Waals surface area (Å²) in [6.45, 7) is 4.34. The van der Waals surface area contributed by atoms with Gasteiger partial charge in [-0.3, -0.25) is 9.58 Å². The average molecular weight is 559 g/mol. The maximum atomic E-state index is 14.5. The maximum Gasteiger partial charge on any atom is 0.418 e. The van der Waals surface area contributed by atoms with E-state index in [0.717, 1.165) is 48.9 Å². The lowest BCUT2D eigenvalue weighted by molar-refractivity contribution is -0.136. The zero-order valence-electron chi connectivity index (χ0n) is 21.8. The van der Waals surface area contributed by atoms with E-state index in [1.54, 1.807) is 12.1 Å². The quantitative estimate of drug-likeness (QED) is 0.178. The summed E-state index contributed by atoms with van der Waals surface area (Å²) in [4.78, 5) is 2.36. The number of hydrogen-bond acceptors (Lipinski definition) is 3. The molecule has 0 unspecified atom stereocenters. The van der Waals surface area contributed by atoms with Gasteiger partial charge in [0.1, 0.15) is 23.0 Å². The second-order valence-corrected chi connectivity index (χ2v) is 9.90. The molecular weight excluding hydrogens is 530 g/mol. The molecule has 0 amide bonds. The molecule has 5 rings (SSSR count). The Kier molecular flexibility index (Phi) is 7.89. The van der Waals surface area contributed by atoms with Gasteiger partial charge in [-0.15, -0.1) is 0 Å². The molecule has 0 radical (unpaired) electrons. The Morgan fingerprint density at radius 1 is 1.00 bits per heavy atom. The highest BCUT2D eigenvalue weighted by molar-refractivity contribution is 5.95. The molecule has 1 aliphatic rings. The first-order valence-electron chi connectivity index (χ1n) is 13.1. The summed E-state index contributed by atoms with van der Waals surface area (Å²) in [6.07, 6.45) is 1.61. The van der Waals surface area contributed by atoms with Crippen molar-refractivity contribution in [3.63, 3.8) is 0 Å². The molecule has 1 atom stereocenters. The lowest BCUT2D eigenvalue weighted by Crippen LogP contribution is -2.26. The first kappa shape index (κ1) is 27.8. The second-order valence-electron chi connectivity index (χ2n) is 9.90. The van der Waals surface area contributed by atoms with Gasteiger partial charge in [-0.05, 0) is 31.0 Å². The molecule has 2 heterocycles. The van der Waals surface area contributed by atoms with E-state index in [9.17, 15) is 26.3 Å². The highest BCUT2D eigenvalue weighted by Gasteiger charge is 2.34. The number of allylic oxidation sites excluding steroid dienone is 1. The number of nitrogens with one attached hydrogen (secondary N) is 1. The molecule has 0 bridgehead atoms. The van der Waals surface area contributed by atoms with Crippen LogP contribution in [0.15, 0.2) is 66.7 Å². The topological polar surface area (TPSA) is 33.1 Å². The van der Waals surface area contributed by atoms with Crippen LogP contribution in [0, 0.1) is 17.5 Å². The van der Waals surface area contributed by atoms with Crippen molar-refractivity contribution in [2.45, 2.75) is 38.5 Å². The minimum absolute atomic E-state index is 0.185. The van der Waals surface area contributed by atoms with Crippen molar-refractivity contribution < 1.29 is 26.3 Å². The van der Waals surface area contributed by atoms with Crippen LogP contribution < -0.4 is 5.32 Å². The van der Waals surface area contributed by atoms with Crippen molar-refractivity contribution in [2.75, 3.05) is 25.0 Å². The molecule has 0 aliphatic carbocycles. The lowest BCUT2D eigenvalue weighted by Gasteiger charge is -2.16. The number of benzene rings is 3. The van der Waals surface area contributed by atoms with Crippen molar-refractivity contribution in [2.24, 2.45) is 0 Å². The van der Waals surface area contributed by atoms with Crippen molar-refractivity contribution in [1.29, 1.82) is 0 Å². The first-order valence-corrected chi connectivity index (χ1v) is 13.1. The Hall–Kier alpha value is -3.79. The number of likely N-dealkylation sites (tertiary alicyclic amines) is 1. The number of anilines is 1. The van der Waals surface area contributed by atoms with Crippen LogP contribution in [0.1, 0.15) is 30.9 Å². The monoisotopic (exact) mass is 558 g/mol. The van der Waals surface area contributed by atoms with E-state index in [2.05, 4.69) is 34.4 Å². The van der Waals surface area contributed by atoms with Crippen LogP contribution in [0.4, 0.5) is 32.0 Å². The van der Waals surface area contributed by atoms with E-state index in [1.165, 1.54) is 12.1 Å². The van der Waals surface area contributed by atoms with Crippen LogP contribution in [0.2, 0.25) is 0 Å². The Bertz CT molecular complexity index is 1500. The third-order valence-corrected chi connectivity index (χ3v) is 7.06. The predicted octanol–water partition coefficient (Wildman–Crippen LogP) is 7.64. The normalized spacial score (nSPS) is 16.4. The van der Waals surface area contributed by atoms with E-state index in [-0.39, 0.29) is 22.6 Å². The van der Waals surface area contributed by atoms with Crippen LogP contribution in [0.3, 0.4) is 0 Å². The number of rotatable bonds is 8. The van der Waals surface area contributed by atoms with Gasteiger partial charge < -0.3 is 5.32 Å². The third kappa shape index (κ3) is 5.86. The van der Waals surface area contributed by atoms with Crippen LogP contribution in [-0.4, -0.2) is 40.4 Å². The minimum atomic E-state index is -4.68. The van der Waals surface area contributed by atoms with Gasteiger partial charge in [0.25, 0.3) is 0 Å². The fourth-order valence-corrected chi connectivity index (χ4v) is 5.14. The molecule has 0 spiro atoms. The third-order valence-electron chi connectivity index (χ3n) is 7.06. The molecule has 10 heteroatoms. The number of nitrogens with zero attached hydrogens (tertiary/aromatic N) is 3. The molecule has 210 valence electrons. The van der Waals surface area contributed by atoms with E-state index in [1.807, 2.05) is 12.1 Å². The number of fused-ring (bicyclic) bond motifs is 1. The predicted molar refractivity (Wildman–Crippen MR) is 143 cm³/mol. The largest absolute Gasteiger partial charge is 0.418 e. The van der Waals surface area contributed by atoms with Crippen LogP contribution >= 0.6 is 0 Å². The number of hydrogen-bond donors (Lipinski definition) is 1. The summed E-state index contributed by atoms with van der Waals surface area (Å²) in [6, 6.07) is 12.1. The Balaban J connectivity index is 1.48. The Morgan fingerprint density at radius 3 is 2.40 bits per heavy atom. The number of aromatic nitrogens is 2. The summed E-state index contributed by atoms with van der Waals surface area (Å²) >= 11 is 0. The van der Waals surface area contributed by atoms with Gasteiger partial charge in [-0.1, -0.05) is 43.3 Å². The van der Waals surface area contributed by atoms with Crippen molar-refractivity contribution >= 4 is 16.6 Å². The van der Waals surface area contributed by atoms with Gasteiger partial charge in [0.15, 0.2) is 0 Å². The fraction of sp³-hybridized carbons (Fsp3) is 0.300. The summed E-state index contributed by atoms with van der Waals surface area (Å²) in [5.74, 6) is -3.38. The average Bonchev–Trinajstić information content (AvgIpc) is 3.50. The maximum absolute atomic E-state index is 14.5. The van der Waals surface area contributed by atoms with Crippen LogP contribution in [0.25, 0.3) is 22.2 Å². The smallest absolute Gasteiger partial charge is 0.381 e. The van der Waals surface area contributed by atoms with E-state index >= 15 is 0 Å². The van der Waals surface area contributed by atoms with Gasteiger partial charge in [0.2, 0.25) is 0 Å². The van der Waals surface area contributed by atoms with Gasteiger partial charge in [0.05, 0.1) is 17.8 Å². The summed E-state index contributed by atoms with van der Waals surface area (Å²) in [5, 5.41) is 7.83. The molecule has 4 nitrogen and oxygen atoms in total. The zero-order chi connectivity index (χ0) is 28.4.